The number of sulfonamides is 1. The quantitative estimate of drug-likeness (QED) is 0.531. The van der Waals surface area contributed by atoms with Gasteiger partial charge in [0.2, 0.25) is 10.0 Å². The number of ether oxygens (including phenoxy) is 1. The molecule has 2 rings (SSSR count). The number of amides is 1. The molecule has 1 amide bonds. The van der Waals surface area contributed by atoms with Gasteiger partial charge in [0.05, 0.1) is 4.90 Å². The molecule has 0 saturated heterocycles. The van der Waals surface area contributed by atoms with Crippen molar-refractivity contribution < 1.29 is 31.1 Å². The summed E-state index contributed by atoms with van der Waals surface area (Å²) in [5, 5.41) is 2.44. The van der Waals surface area contributed by atoms with E-state index in [2.05, 4.69) is 26.0 Å². The zero-order chi connectivity index (χ0) is 23.4. The van der Waals surface area contributed by atoms with Gasteiger partial charge in [0.1, 0.15) is 11.4 Å². The third kappa shape index (κ3) is 7.51. The Balaban J connectivity index is 2.24. The Kier molecular flexibility index (Phi) is 8.12. The van der Waals surface area contributed by atoms with Crippen LogP contribution in [-0.2, 0) is 21.2 Å². The summed E-state index contributed by atoms with van der Waals surface area (Å²) in [7, 11) is -3.99. The maximum Gasteiger partial charge on any atom is 0.407 e. The van der Waals surface area contributed by atoms with Crippen molar-refractivity contribution in [3.8, 4) is 0 Å². The number of rotatable bonds is 7. The van der Waals surface area contributed by atoms with E-state index in [0.717, 1.165) is 0 Å². The van der Waals surface area contributed by atoms with E-state index in [-0.39, 0.29) is 23.4 Å². The van der Waals surface area contributed by atoms with Gasteiger partial charge >= 0.3 is 6.09 Å². The molecule has 0 radical (unpaired) electrons. The third-order valence-corrected chi connectivity index (χ3v) is 6.36. The lowest BCUT2D eigenvalue weighted by molar-refractivity contribution is 0.0504. The van der Waals surface area contributed by atoms with Crippen molar-refractivity contribution in [1.82, 2.24) is 10.0 Å². The highest BCUT2D eigenvalue weighted by molar-refractivity contribution is 9.10. The first-order valence-corrected chi connectivity index (χ1v) is 11.4. The van der Waals surface area contributed by atoms with Crippen LogP contribution in [0, 0.1) is 17.5 Å². The highest BCUT2D eigenvalue weighted by atomic mass is 79.9. The number of benzene rings is 2. The van der Waals surface area contributed by atoms with E-state index in [1.165, 1.54) is 12.1 Å². The summed E-state index contributed by atoms with van der Waals surface area (Å²) >= 11 is 3.15. The van der Waals surface area contributed by atoms with Crippen molar-refractivity contribution in [2.45, 2.75) is 43.7 Å². The highest BCUT2D eigenvalue weighted by Crippen LogP contribution is 2.21. The topological polar surface area (TPSA) is 84.5 Å². The predicted molar refractivity (Wildman–Crippen MR) is 113 cm³/mol. The Morgan fingerprint density at radius 2 is 1.71 bits per heavy atom. The molecule has 0 aliphatic carbocycles. The molecule has 0 aromatic heterocycles. The van der Waals surface area contributed by atoms with E-state index in [1.807, 2.05) is 0 Å². The van der Waals surface area contributed by atoms with Gasteiger partial charge in [-0.2, -0.15) is 0 Å². The number of halogens is 4. The summed E-state index contributed by atoms with van der Waals surface area (Å²) in [6.45, 7) is 4.53. The molecule has 0 unspecified atom stereocenters. The summed E-state index contributed by atoms with van der Waals surface area (Å²) in [5.41, 5.74) is -1.07. The molecular formula is C20H22BrF3N2O4S. The van der Waals surface area contributed by atoms with Crippen LogP contribution in [-0.4, -0.2) is 32.7 Å². The van der Waals surface area contributed by atoms with Crippen molar-refractivity contribution in [3.05, 3.63) is 63.9 Å². The Morgan fingerprint density at radius 1 is 1.10 bits per heavy atom. The first kappa shape index (κ1) is 25.2. The van der Waals surface area contributed by atoms with Gasteiger partial charge in [-0.1, -0.05) is 12.1 Å². The second kappa shape index (κ2) is 10.0. The van der Waals surface area contributed by atoms with Crippen LogP contribution in [0.25, 0.3) is 0 Å². The fraction of sp³-hybridized carbons (Fsp3) is 0.350. The van der Waals surface area contributed by atoms with Crippen molar-refractivity contribution >= 4 is 32.0 Å². The summed E-state index contributed by atoms with van der Waals surface area (Å²) in [5.74, 6) is -3.64. The molecular weight excluding hydrogens is 501 g/mol. The smallest absolute Gasteiger partial charge is 0.407 e. The van der Waals surface area contributed by atoms with Crippen molar-refractivity contribution in [3.63, 3.8) is 0 Å². The zero-order valence-corrected chi connectivity index (χ0v) is 19.4. The van der Waals surface area contributed by atoms with Gasteiger partial charge in [-0.25, -0.2) is 31.1 Å². The van der Waals surface area contributed by atoms with Crippen molar-refractivity contribution in [2.75, 3.05) is 6.54 Å². The minimum absolute atomic E-state index is 0.0370. The Morgan fingerprint density at radius 3 is 2.32 bits per heavy atom. The first-order valence-electron chi connectivity index (χ1n) is 9.15. The number of hydrogen-bond acceptors (Lipinski definition) is 4. The van der Waals surface area contributed by atoms with E-state index in [1.54, 1.807) is 32.9 Å². The van der Waals surface area contributed by atoms with Crippen LogP contribution in [0.3, 0.4) is 0 Å². The van der Waals surface area contributed by atoms with Crippen molar-refractivity contribution in [1.29, 1.82) is 0 Å². The van der Waals surface area contributed by atoms with E-state index in [9.17, 15) is 26.4 Å². The van der Waals surface area contributed by atoms with Gasteiger partial charge in [-0.15, -0.1) is 0 Å². The van der Waals surface area contributed by atoms with E-state index in [0.29, 0.717) is 16.6 Å². The van der Waals surface area contributed by atoms with E-state index < -0.39 is 45.2 Å². The molecule has 11 heteroatoms. The average molecular weight is 523 g/mol. The van der Waals surface area contributed by atoms with Gasteiger partial charge in [0, 0.05) is 23.1 Å². The minimum atomic E-state index is -3.99. The molecule has 2 aromatic rings. The summed E-state index contributed by atoms with van der Waals surface area (Å²) in [6, 6.07) is 6.12. The maximum atomic E-state index is 14.1. The molecule has 2 aromatic carbocycles. The second-order valence-corrected chi connectivity index (χ2v) is 10.3. The second-order valence-electron chi connectivity index (χ2n) is 7.69. The zero-order valence-electron chi connectivity index (χ0n) is 17.0. The average Bonchev–Trinajstić information content (AvgIpc) is 2.63. The van der Waals surface area contributed by atoms with Gasteiger partial charge in [-0.05, 0) is 66.9 Å². The van der Waals surface area contributed by atoms with Crippen LogP contribution in [0.15, 0.2) is 45.8 Å². The standard InChI is InChI=1S/C20H22BrF3N2O4S/c1-20(2,3)30-19(27)26-13(8-12-9-16(23)17(24)10-15(12)22)11-25-31(28,29)18-7-5-4-6-14(18)21/h4-7,9-10,13,25H,8,11H2,1-3H3,(H,26,27)/t13-/m1/s1. The van der Waals surface area contributed by atoms with E-state index >= 15 is 0 Å². The molecule has 0 heterocycles. The normalized spacial score (nSPS) is 13.0. The number of nitrogens with one attached hydrogen (secondary N) is 2. The molecule has 6 nitrogen and oxygen atoms in total. The Hall–Kier alpha value is -2.11. The van der Waals surface area contributed by atoms with Gasteiger partial charge in [0.25, 0.3) is 0 Å². The molecule has 170 valence electrons. The number of carbonyl (C=O) groups excluding carboxylic acids is 1. The largest absolute Gasteiger partial charge is 0.444 e. The van der Waals surface area contributed by atoms with Crippen LogP contribution in [0.2, 0.25) is 0 Å². The molecule has 0 fully saturated rings. The molecule has 31 heavy (non-hydrogen) atoms. The fourth-order valence-corrected chi connectivity index (χ4v) is 4.67. The lowest BCUT2D eigenvalue weighted by Gasteiger charge is -2.24. The van der Waals surface area contributed by atoms with Crippen LogP contribution in [0.1, 0.15) is 26.3 Å². The van der Waals surface area contributed by atoms with Crippen LogP contribution >= 0.6 is 15.9 Å². The van der Waals surface area contributed by atoms with Crippen LogP contribution in [0.4, 0.5) is 18.0 Å². The molecule has 0 spiro atoms. The monoisotopic (exact) mass is 522 g/mol. The summed E-state index contributed by atoms with van der Waals surface area (Å²) in [6.07, 6.45) is -1.19. The SMILES string of the molecule is CC(C)(C)OC(=O)N[C@@H](CNS(=O)(=O)c1ccccc1Br)Cc1cc(F)c(F)cc1F. The Labute approximate surface area is 187 Å². The van der Waals surface area contributed by atoms with Gasteiger partial charge in [0.15, 0.2) is 11.6 Å². The number of hydrogen-bond donors (Lipinski definition) is 2. The third-order valence-electron chi connectivity index (χ3n) is 3.92. The molecule has 0 bridgehead atoms. The van der Waals surface area contributed by atoms with Gasteiger partial charge < -0.3 is 10.1 Å². The fourth-order valence-electron chi connectivity index (χ4n) is 2.58. The van der Waals surface area contributed by atoms with E-state index in [4.69, 9.17) is 4.74 Å². The summed E-state index contributed by atoms with van der Waals surface area (Å²) in [4.78, 5) is 12.1. The molecule has 0 saturated carbocycles. The first-order chi connectivity index (χ1) is 14.3. The van der Waals surface area contributed by atoms with Crippen molar-refractivity contribution in [2.24, 2.45) is 0 Å². The molecule has 1 atom stereocenters. The van der Waals surface area contributed by atoms with Crippen LogP contribution < -0.4 is 10.0 Å². The maximum absolute atomic E-state index is 14.1. The predicted octanol–water partition coefficient (Wildman–Crippen LogP) is 4.28. The molecule has 0 aliphatic heterocycles. The van der Waals surface area contributed by atoms with Gasteiger partial charge in [-0.3, -0.25) is 0 Å². The minimum Gasteiger partial charge on any atom is -0.444 e. The lowest BCUT2D eigenvalue weighted by atomic mass is 10.1. The Bertz CT molecular complexity index is 1060. The number of carbonyl (C=O) groups is 1. The number of alkyl carbamates (subject to hydrolysis) is 1. The molecule has 0 aliphatic rings. The lowest BCUT2D eigenvalue weighted by Crippen LogP contribution is -2.46. The molecule has 2 N–H and O–H groups in total. The summed E-state index contributed by atoms with van der Waals surface area (Å²) < 4.78 is 73.9. The highest BCUT2D eigenvalue weighted by Gasteiger charge is 2.24. The van der Waals surface area contributed by atoms with Crippen LogP contribution in [0.5, 0.6) is 0 Å².